The summed E-state index contributed by atoms with van der Waals surface area (Å²) < 4.78 is 5.49. The number of fused-ring (bicyclic) bond motifs is 1. The molecule has 0 bridgehead atoms. The van der Waals surface area contributed by atoms with E-state index in [0.717, 1.165) is 5.56 Å². The highest BCUT2D eigenvalue weighted by molar-refractivity contribution is 6.00. The van der Waals surface area contributed by atoms with Crippen molar-refractivity contribution in [3.8, 4) is 11.5 Å². The van der Waals surface area contributed by atoms with Crippen molar-refractivity contribution in [1.82, 2.24) is 0 Å². The first-order valence-corrected chi connectivity index (χ1v) is 5.13. The number of hydrogen-bond acceptors (Lipinski definition) is 3. The maximum absolute atomic E-state index is 11.6. The van der Waals surface area contributed by atoms with Crippen LogP contribution in [-0.4, -0.2) is 17.5 Å². The topological polar surface area (TPSA) is 46.5 Å². The molecule has 3 nitrogen and oxygen atoms in total. The average Bonchev–Trinajstić information content (AvgIpc) is 2.17. The summed E-state index contributed by atoms with van der Waals surface area (Å²) in [5.41, 5.74) is 1.34. The molecule has 1 aromatic rings. The monoisotopic (exact) mass is 206 g/mol. The highest BCUT2D eigenvalue weighted by Gasteiger charge is 2.24. The molecular weight excluding hydrogens is 192 g/mol. The predicted molar refractivity (Wildman–Crippen MR) is 56.6 cm³/mol. The molecule has 0 aromatic heterocycles. The molecule has 0 radical (unpaired) electrons. The Morgan fingerprint density at radius 2 is 2.13 bits per heavy atom. The van der Waals surface area contributed by atoms with E-state index in [-0.39, 0.29) is 17.5 Å². The molecule has 1 aliphatic heterocycles. The maximum Gasteiger partial charge on any atom is 0.170 e. The third kappa shape index (κ3) is 1.58. The lowest BCUT2D eigenvalue weighted by Gasteiger charge is -2.21. The van der Waals surface area contributed by atoms with E-state index in [4.69, 9.17) is 4.74 Å². The van der Waals surface area contributed by atoms with Crippen LogP contribution >= 0.6 is 0 Å². The molecule has 0 aliphatic carbocycles. The predicted octanol–water partition coefficient (Wildman–Crippen LogP) is 2.48. The fourth-order valence-corrected chi connectivity index (χ4v) is 1.90. The normalized spacial score (nSPS) is 15.0. The lowest BCUT2D eigenvalue weighted by Crippen LogP contribution is -2.17. The summed E-state index contributed by atoms with van der Waals surface area (Å²) in [4.78, 5) is 11.6. The van der Waals surface area contributed by atoms with Gasteiger partial charge in [-0.3, -0.25) is 4.79 Å². The Kier molecular flexibility index (Phi) is 2.39. The summed E-state index contributed by atoms with van der Waals surface area (Å²) >= 11 is 0. The van der Waals surface area contributed by atoms with Gasteiger partial charge in [-0.25, -0.2) is 0 Å². The second-order valence-electron chi connectivity index (χ2n) is 4.05. The maximum atomic E-state index is 11.6. The van der Waals surface area contributed by atoms with Gasteiger partial charge in [0.15, 0.2) is 5.78 Å². The fraction of sp³-hybridized carbons (Fsp3) is 0.417. The minimum atomic E-state index is 0.0955. The van der Waals surface area contributed by atoms with Crippen molar-refractivity contribution in [3.63, 3.8) is 0 Å². The van der Waals surface area contributed by atoms with E-state index in [1.165, 1.54) is 0 Å². The standard InChI is InChI=1S/C12H14O3/c1-7(2)11-10(14)4-3-8-9(13)5-6-15-12(8)11/h3-4,7,14H,5-6H2,1-2H3. The third-order valence-corrected chi connectivity index (χ3v) is 2.63. The number of Topliss-reactive ketones (excluding diaryl/α,β-unsaturated/α-hetero) is 1. The molecule has 1 heterocycles. The quantitative estimate of drug-likeness (QED) is 0.767. The van der Waals surface area contributed by atoms with Gasteiger partial charge in [0.1, 0.15) is 11.5 Å². The van der Waals surface area contributed by atoms with Crippen LogP contribution in [0.15, 0.2) is 12.1 Å². The number of phenolic OH excluding ortho intramolecular Hbond substituents is 1. The van der Waals surface area contributed by atoms with Gasteiger partial charge in [-0.1, -0.05) is 13.8 Å². The molecule has 0 spiro atoms. The van der Waals surface area contributed by atoms with Crippen molar-refractivity contribution in [2.24, 2.45) is 0 Å². The molecule has 0 saturated heterocycles. The van der Waals surface area contributed by atoms with Crippen LogP contribution in [0.25, 0.3) is 0 Å². The Hall–Kier alpha value is -1.51. The van der Waals surface area contributed by atoms with Crippen LogP contribution in [0.4, 0.5) is 0 Å². The van der Waals surface area contributed by atoms with Gasteiger partial charge in [0.2, 0.25) is 0 Å². The van der Waals surface area contributed by atoms with Crippen molar-refractivity contribution in [1.29, 1.82) is 0 Å². The summed E-state index contributed by atoms with van der Waals surface area (Å²) in [6, 6.07) is 3.21. The highest BCUT2D eigenvalue weighted by Crippen LogP contribution is 2.39. The molecule has 0 atom stereocenters. The van der Waals surface area contributed by atoms with E-state index in [9.17, 15) is 9.90 Å². The first-order valence-electron chi connectivity index (χ1n) is 5.13. The first-order chi connectivity index (χ1) is 7.11. The van der Waals surface area contributed by atoms with Crippen LogP contribution in [0.5, 0.6) is 11.5 Å². The Balaban J connectivity index is 2.63. The molecule has 0 unspecified atom stereocenters. The Bertz CT molecular complexity index is 408. The van der Waals surface area contributed by atoms with Gasteiger partial charge >= 0.3 is 0 Å². The molecule has 3 heteroatoms. The second-order valence-corrected chi connectivity index (χ2v) is 4.05. The zero-order chi connectivity index (χ0) is 11.0. The van der Waals surface area contributed by atoms with Crippen LogP contribution in [0, 0.1) is 0 Å². The number of ether oxygens (including phenoxy) is 1. The number of benzene rings is 1. The SMILES string of the molecule is CC(C)c1c(O)ccc2c1OCCC2=O. The number of ketones is 1. The number of phenols is 1. The van der Waals surface area contributed by atoms with Gasteiger partial charge in [-0.15, -0.1) is 0 Å². The van der Waals surface area contributed by atoms with E-state index >= 15 is 0 Å². The lowest BCUT2D eigenvalue weighted by atomic mass is 9.94. The Labute approximate surface area is 88.7 Å². The van der Waals surface area contributed by atoms with Crippen LogP contribution in [0.2, 0.25) is 0 Å². The van der Waals surface area contributed by atoms with Crippen molar-refractivity contribution in [2.75, 3.05) is 6.61 Å². The fourth-order valence-electron chi connectivity index (χ4n) is 1.90. The number of rotatable bonds is 1. The third-order valence-electron chi connectivity index (χ3n) is 2.63. The van der Waals surface area contributed by atoms with Crippen molar-refractivity contribution >= 4 is 5.78 Å². The van der Waals surface area contributed by atoms with Gasteiger partial charge in [-0.05, 0) is 18.1 Å². The van der Waals surface area contributed by atoms with Crippen molar-refractivity contribution < 1.29 is 14.6 Å². The molecule has 0 saturated carbocycles. The van der Waals surface area contributed by atoms with Gasteiger partial charge in [-0.2, -0.15) is 0 Å². The minimum Gasteiger partial charge on any atom is -0.508 e. The molecule has 15 heavy (non-hydrogen) atoms. The molecule has 0 amide bonds. The largest absolute Gasteiger partial charge is 0.508 e. The van der Waals surface area contributed by atoms with Gasteiger partial charge in [0.05, 0.1) is 12.2 Å². The number of aromatic hydroxyl groups is 1. The zero-order valence-electron chi connectivity index (χ0n) is 8.91. The minimum absolute atomic E-state index is 0.0955. The van der Waals surface area contributed by atoms with E-state index in [0.29, 0.717) is 24.3 Å². The number of hydrogen-bond donors (Lipinski definition) is 1. The molecular formula is C12H14O3. The van der Waals surface area contributed by atoms with Gasteiger partial charge < -0.3 is 9.84 Å². The highest BCUT2D eigenvalue weighted by atomic mass is 16.5. The van der Waals surface area contributed by atoms with E-state index in [2.05, 4.69) is 0 Å². The molecule has 2 rings (SSSR count). The molecule has 1 aromatic carbocycles. The van der Waals surface area contributed by atoms with E-state index in [1.54, 1.807) is 12.1 Å². The summed E-state index contributed by atoms with van der Waals surface area (Å²) in [6.07, 6.45) is 0.426. The summed E-state index contributed by atoms with van der Waals surface area (Å²) in [5.74, 6) is 1.02. The van der Waals surface area contributed by atoms with E-state index in [1.807, 2.05) is 13.8 Å². The Morgan fingerprint density at radius 1 is 1.40 bits per heavy atom. The average molecular weight is 206 g/mol. The van der Waals surface area contributed by atoms with Gasteiger partial charge in [0.25, 0.3) is 0 Å². The Morgan fingerprint density at radius 3 is 2.80 bits per heavy atom. The van der Waals surface area contributed by atoms with Crippen LogP contribution in [0.1, 0.15) is 42.1 Å². The van der Waals surface area contributed by atoms with Gasteiger partial charge in [0, 0.05) is 12.0 Å². The number of carbonyl (C=O) groups is 1. The van der Waals surface area contributed by atoms with Crippen LogP contribution in [-0.2, 0) is 0 Å². The smallest absolute Gasteiger partial charge is 0.170 e. The van der Waals surface area contributed by atoms with Crippen LogP contribution in [0.3, 0.4) is 0 Å². The zero-order valence-corrected chi connectivity index (χ0v) is 8.91. The van der Waals surface area contributed by atoms with Crippen molar-refractivity contribution in [2.45, 2.75) is 26.2 Å². The first kappa shape index (κ1) is 10.0. The molecule has 1 aliphatic rings. The second kappa shape index (κ2) is 3.57. The summed E-state index contributed by atoms with van der Waals surface area (Å²) in [5, 5.41) is 9.73. The van der Waals surface area contributed by atoms with Crippen molar-refractivity contribution in [3.05, 3.63) is 23.3 Å². The number of carbonyl (C=O) groups excluding carboxylic acids is 1. The molecule has 80 valence electrons. The lowest BCUT2D eigenvalue weighted by molar-refractivity contribution is 0.0932. The summed E-state index contributed by atoms with van der Waals surface area (Å²) in [7, 11) is 0. The molecule has 1 N–H and O–H groups in total. The van der Waals surface area contributed by atoms with Crippen LogP contribution < -0.4 is 4.74 Å². The molecule has 0 fully saturated rings. The summed E-state index contributed by atoms with van der Waals surface area (Å²) in [6.45, 7) is 4.35. The van der Waals surface area contributed by atoms with E-state index < -0.39 is 0 Å².